The van der Waals surface area contributed by atoms with Gasteiger partial charge in [-0.1, -0.05) is 12.1 Å². The van der Waals surface area contributed by atoms with Gasteiger partial charge in [0.1, 0.15) is 24.4 Å². The maximum absolute atomic E-state index is 12.2. The molecule has 0 spiro atoms. The van der Waals surface area contributed by atoms with Crippen LogP contribution in [0.3, 0.4) is 0 Å². The smallest absolute Gasteiger partial charge is 0.350 e. The number of aliphatic hydroxyl groups is 1. The van der Waals surface area contributed by atoms with E-state index in [1.54, 1.807) is 6.21 Å². The van der Waals surface area contributed by atoms with Crippen LogP contribution >= 0.6 is 8.53 Å². The second kappa shape index (κ2) is 11.5. The maximum atomic E-state index is 12.2. The molecule has 4 N–H and O–H groups in total. The minimum Gasteiger partial charge on any atom is -0.394 e. The maximum Gasteiger partial charge on any atom is 0.350 e. The summed E-state index contributed by atoms with van der Waals surface area (Å²) in [6, 6.07) is 0.210. The third-order valence-electron chi connectivity index (χ3n) is 5.33. The van der Waals surface area contributed by atoms with Gasteiger partial charge in [0, 0.05) is 31.0 Å². The second-order valence-corrected chi connectivity index (χ2v) is 9.71. The van der Waals surface area contributed by atoms with Gasteiger partial charge in [-0.05, 0) is 34.1 Å². The summed E-state index contributed by atoms with van der Waals surface area (Å²) < 4.78 is 27.3. The molecule has 1 aliphatic heterocycles. The van der Waals surface area contributed by atoms with Gasteiger partial charge in [0.2, 0.25) is 5.95 Å². The van der Waals surface area contributed by atoms with E-state index in [4.69, 9.17) is 24.4 Å². The number of hydrogen-bond acceptors (Lipinski definition) is 11. The number of fused-ring (bicyclic) bond motifs is 1. The van der Waals surface area contributed by atoms with Crippen LogP contribution in [0.4, 0.5) is 5.95 Å². The summed E-state index contributed by atoms with van der Waals surface area (Å²) in [6.45, 7) is 9.82. The number of nitrogens with one attached hydrogen (secondary N) is 1. The lowest BCUT2D eigenvalue weighted by molar-refractivity contribution is -0.0219. The first kappa shape index (κ1) is 26.5. The zero-order valence-corrected chi connectivity index (χ0v) is 21.2. The van der Waals surface area contributed by atoms with Crippen LogP contribution in [-0.2, 0) is 18.6 Å². The molecule has 1 saturated heterocycles. The molecular formula is C20H34N7O6P. The normalized spacial score (nSPS) is 24.3. The molecule has 14 heteroatoms. The molecule has 0 amide bonds. The molecule has 3 heterocycles. The zero-order valence-electron chi connectivity index (χ0n) is 20.3. The molecule has 0 aliphatic carbocycles. The third kappa shape index (κ3) is 5.40. The van der Waals surface area contributed by atoms with Gasteiger partial charge in [-0.2, -0.15) is 14.6 Å². The fourth-order valence-corrected chi connectivity index (χ4v) is 5.57. The number of methoxy groups -OCH3 is 1. The first-order valence-corrected chi connectivity index (χ1v) is 12.3. The number of H-pyrrole nitrogens is 1. The molecule has 34 heavy (non-hydrogen) atoms. The Bertz CT molecular complexity index is 1020. The Kier molecular flexibility index (Phi) is 8.96. The summed E-state index contributed by atoms with van der Waals surface area (Å²) in [5.74, 6) is -0.0482. The van der Waals surface area contributed by atoms with E-state index in [0.717, 1.165) is 4.52 Å². The average Bonchev–Trinajstić information content (AvgIpc) is 3.34. The fourth-order valence-electron chi connectivity index (χ4n) is 3.97. The summed E-state index contributed by atoms with van der Waals surface area (Å²) in [7, 11) is -0.133. The number of oxime groups is 1. The van der Waals surface area contributed by atoms with Gasteiger partial charge < -0.3 is 29.5 Å². The van der Waals surface area contributed by atoms with Gasteiger partial charge in [-0.15, -0.1) is 0 Å². The highest BCUT2D eigenvalue weighted by atomic mass is 31.2. The second-order valence-electron chi connectivity index (χ2n) is 8.39. The monoisotopic (exact) mass is 499 g/mol. The van der Waals surface area contributed by atoms with Crippen molar-refractivity contribution in [1.29, 1.82) is 0 Å². The Labute approximate surface area is 199 Å². The Morgan fingerprint density at radius 2 is 2.09 bits per heavy atom. The number of nitrogens with zero attached hydrogens (tertiary/aromatic N) is 5. The molecule has 5 atom stereocenters. The Morgan fingerprint density at radius 1 is 1.38 bits per heavy atom. The van der Waals surface area contributed by atoms with E-state index < -0.39 is 38.6 Å². The van der Waals surface area contributed by atoms with Crippen LogP contribution in [0.25, 0.3) is 5.65 Å². The van der Waals surface area contributed by atoms with Crippen LogP contribution in [0.15, 0.2) is 16.1 Å². The number of ether oxygens (including phenoxy) is 2. The largest absolute Gasteiger partial charge is 0.394 e. The average molecular weight is 500 g/mol. The highest BCUT2D eigenvalue weighted by molar-refractivity contribution is 7.44. The molecule has 0 aromatic carbocycles. The third-order valence-corrected chi connectivity index (χ3v) is 7.28. The fraction of sp³-hybridized carbons (Fsp3) is 0.700. The Balaban J connectivity index is 1.97. The summed E-state index contributed by atoms with van der Waals surface area (Å²) in [4.78, 5) is 18.8. The predicted octanol–water partition coefficient (Wildman–Crippen LogP) is 1.59. The van der Waals surface area contributed by atoms with Crippen LogP contribution in [0.1, 0.15) is 52.7 Å². The molecule has 2 aromatic rings. The predicted molar refractivity (Wildman–Crippen MR) is 127 cm³/mol. The standard InChI is InChI=1S/C20H34N7O6P/c1-7-8-23-33-34(27(11(2)3)12(4)5)32-16-14(10-28)31-15(17(16)30-6)13-9-22-26-18(13)24-19(21)25-20(26)29/h8-9,11-12,14-17,28H,7,10H2,1-6H3,(H3,21,24,25,29)/b23-8+. The van der Waals surface area contributed by atoms with E-state index in [1.165, 1.54) is 13.3 Å². The molecule has 2 aromatic heterocycles. The first-order valence-electron chi connectivity index (χ1n) is 11.2. The van der Waals surface area contributed by atoms with Gasteiger partial charge in [0.15, 0.2) is 5.65 Å². The zero-order chi connectivity index (χ0) is 25.0. The highest BCUT2D eigenvalue weighted by Crippen LogP contribution is 2.51. The van der Waals surface area contributed by atoms with Gasteiger partial charge in [-0.3, -0.25) is 4.98 Å². The molecule has 1 aliphatic rings. The molecule has 0 radical (unpaired) electrons. The Hall–Kier alpha value is -2.15. The number of nitrogen functional groups attached to an aromatic ring is 1. The minimum absolute atomic E-state index is 0.0482. The number of rotatable bonds is 11. The van der Waals surface area contributed by atoms with Crippen molar-refractivity contribution in [3.63, 3.8) is 0 Å². The van der Waals surface area contributed by atoms with E-state index in [2.05, 4.69) is 24.9 Å². The Morgan fingerprint density at radius 3 is 2.68 bits per heavy atom. The van der Waals surface area contributed by atoms with E-state index >= 15 is 0 Å². The van der Waals surface area contributed by atoms with Gasteiger partial charge >= 0.3 is 14.2 Å². The molecule has 0 bridgehead atoms. The summed E-state index contributed by atoms with van der Waals surface area (Å²) in [5.41, 5.74) is 5.94. The lowest BCUT2D eigenvalue weighted by Gasteiger charge is -2.36. The summed E-state index contributed by atoms with van der Waals surface area (Å²) >= 11 is 0. The quantitative estimate of drug-likeness (QED) is 0.235. The van der Waals surface area contributed by atoms with Crippen LogP contribution in [0.5, 0.6) is 0 Å². The number of nitrogens with two attached hydrogens (primary N) is 1. The van der Waals surface area contributed by atoms with E-state index in [1.807, 2.05) is 34.6 Å². The van der Waals surface area contributed by atoms with Crippen LogP contribution in [0, 0.1) is 0 Å². The van der Waals surface area contributed by atoms with Gasteiger partial charge in [-0.25, -0.2) is 9.46 Å². The van der Waals surface area contributed by atoms with Crippen molar-refractivity contribution in [2.24, 2.45) is 5.16 Å². The van der Waals surface area contributed by atoms with Gasteiger partial charge in [0.25, 0.3) is 0 Å². The molecule has 3 rings (SSSR count). The van der Waals surface area contributed by atoms with Crippen LogP contribution in [0.2, 0.25) is 0 Å². The number of aromatic amines is 1. The summed E-state index contributed by atoms with van der Waals surface area (Å²) in [5, 5.41) is 18.3. The number of anilines is 1. The summed E-state index contributed by atoms with van der Waals surface area (Å²) in [6.07, 6.45) is 1.05. The van der Waals surface area contributed by atoms with Crippen molar-refractivity contribution in [3.8, 4) is 0 Å². The van der Waals surface area contributed by atoms with Crippen LogP contribution < -0.4 is 11.4 Å². The topological polar surface area (TPSA) is 162 Å². The molecule has 1 fully saturated rings. The van der Waals surface area contributed by atoms with E-state index in [0.29, 0.717) is 12.0 Å². The van der Waals surface area contributed by atoms with E-state index in [9.17, 15) is 9.90 Å². The van der Waals surface area contributed by atoms with Crippen molar-refractivity contribution in [2.45, 2.75) is 77.5 Å². The van der Waals surface area contributed by atoms with Crippen molar-refractivity contribution in [2.75, 3.05) is 19.5 Å². The molecule has 5 unspecified atom stereocenters. The molecule has 13 nitrogen and oxygen atoms in total. The molecule has 0 saturated carbocycles. The lowest BCUT2D eigenvalue weighted by atomic mass is 10.0. The molecule has 190 valence electrons. The highest BCUT2D eigenvalue weighted by Gasteiger charge is 2.50. The number of hydrogen-bond donors (Lipinski definition) is 3. The van der Waals surface area contributed by atoms with Gasteiger partial charge in [0.05, 0.1) is 12.8 Å². The van der Waals surface area contributed by atoms with Crippen LogP contribution in [-0.4, -0.2) is 79.7 Å². The van der Waals surface area contributed by atoms with Crippen molar-refractivity contribution in [3.05, 3.63) is 22.2 Å². The SMILES string of the molecule is CC/C=N/OP(OC1C(CO)OC(c2cnn3c(=O)[nH]c(N)nc23)C1OC)N(C(C)C)C(C)C. The number of aliphatic hydroxyl groups excluding tert-OH is 1. The minimum atomic E-state index is -1.66. The van der Waals surface area contributed by atoms with Crippen molar-refractivity contribution < 1.29 is 23.7 Å². The van der Waals surface area contributed by atoms with Crippen molar-refractivity contribution >= 4 is 26.3 Å². The van der Waals surface area contributed by atoms with E-state index in [-0.39, 0.29) is 30.3 Å². The lowest BCUT2D eigenvalue weighted by Crippen LogP contribution is -2.40. The first-order chi connectivity index (χ1) is 16.2. The number of aromatic nitrogens is 4. The van der Waals surface area contributed by atoms with Crippen molar-refractivity contribution in [1.82, 2.24) is 24.3 Å². The molecular weight excluding hydrogens is 465 g/mol.